The number of nitrogens with one attached hydrogen (secondary N) is 1. The molecular weight excluding hydrogens is 314 g/mol. The van der Waals surface area contributed by atoms with Crippen molar-refractivity contribution in [3.05, 3.63) is 59.0 Å². The minimum absolute atomic E-state index is 0.0678. The van der Waals surface area contributed by atoms with E-state index < -0.39 is 0 Å². The number of carbonyl (C=O) groups is 1. The minimum atomic E-state index is -0.228. The van der Waals surface area contributed by atoms with Crippen LogP contribution in [0.2, 0.25) is 5.02 Å². The van der Waals surface area contributed by atoms with Crippen LogP contribution in [0.25, 0.3) is 5.65 Å². The number of anilines is 1. The number of hydrogen-bond donors (Lipinski definition) is 1. The number of fused-ring (bicyclic) bond motifs is 1. The smallest absolute Gasteiger partial charge is 0.262 e. The summed E-state index contributed by atoms with van der Waals surface area (Å²) in [7, 11) is 0. The molecule has 3 aromatic rings. The standard InChI is InChI=1S/C17H16ClN3O2/c1-11-12(2)21-9-14(5-8-16(21)19-11)20-17(22)10-23-15-6-3-13(18)4-7-15/h3-9H,10H2,1-2H3,(H,20,22). The van der Waals surface area contributed by atoms with Crippen LogP contribution in [0.4, 0.5) is 5.69 Å². The number of nitrogens with zero attached hydrogens (tertiary/aromatic N) is 2. The maximum atomic E-state index is 12.0. The Morgan fingerprint density at radius 1 is 1.22 bits per heavy atom. The van der Waals surface area contributed by atoms with Crippen molar-refractivity contribution in [3.8, 4) is 5.75 Å². The summed E-state index contributed by atoms with van der Waals surface area (Å²) in [6.45, 7) is 3.88. The molecule has 118 valence electrons. The van der Waals surface area contributed by atoms with Crippen molar-refractivity contribution in [3.63, 3.8) is 0 Å². The quantitative estimate of drug-likeness (QED) is 0.795. The topological polar surface area (TPSA) is 55.6 Å². The number of amides is 1. The molecule has 0 bridgehead atoms. The van der Waals surface area contributed by atoms with E-state index in [0.29, 0.717) is 16.5 Å². The zero-order valence-corrected chi connectivity index (χ0v) is 13.6. The van der Waals surface area contributed by atoms with Crippen molar-refractivity contribution in [1.29, 1.82) is 0 Å². The first-order chi connectivity index (χ1) is 11.0. The van der Waals surface area contributed by atoms with Crippen LogP contribution in [-0.2, 0) is 4.79 Å². The largest absolute Gasteiger partial charge is 0.484 e. The molecule has 0 saturated carbocycles. The van der Waals surface area contributed by atoms with Gasteiger partial charge in [-0.2, -0.15) is 0 Å². The fraction of sp³-hybridized carbons (Fsp3) is 0.176. The average molecular weight is 330 g/mol. The molecule has 1 aromatic carbocycles. The van der Waals surface area contributed by atoms with Crippen LogP contribution in [0.15, 0.2) is 42.6 Å². The van der Waals surface area contributed by atoms with Crippen LogP contribution in [0.5, 0.6) is 5.75 Å². The van der Waals surface area contributed by atoms with Crippen molar-refractivity contribution in [1.82, 2.24) is 9.38 Å². The summed E-state index contributed by atoms with van der Waals surface area (Å²) in [6.07, 6.45) is 1.85. The number of pyridine rings is 1. The molecule has 2 aromatic heterocycles. The number of imidazole rings is 1. The van der Waals surface area contributed by atoms with Gasteiger partial charge in [-0.25, -0.2) is 4.98 Å². The molecule has 0 aliphatic heterocycles. The second-order valence-electron chi connectivity index (χ2n) is 5.22. The van der Waals surface area contributed by atoms with Crippen LogP contribution in [0.1, 0.15) is 11.4 Å². The third-order valence-corrected chi connectivity index (χ3v) is 3.81. The Labute approximate surface area is 138 Å². The van der Waals surface area contributed by atoms with Gasteiger partial charge in [-0.1, -0.05) is 11.6 Å². The summed E-state index contributed by atoms with van der Waals surface area (Å²) in [5.41, 5.74) is 3.58. The van der Waals surface area contributed by atoms with E-state index in [1.54, 1.807) is 24.3 Å². The number of hydrogen-bond acceptors (Lipinski definition) is 3. The van der Waals surface area contributed by atoms with Crippen LogP contribution >= 0.6 is 11.6 Å². The molecule has 23 heavy (non-hydrogen) atoms. The fourth-order valence-electron chi connectivity index (χ4n) is 2.23. The van der Waals surface area contributed by atoms with Gasteiger partial charge in [-0.05, 0) is 50.2 Å². The van der Waals surface area contributed by atoms with Gasteiger partial charge in [0.15, 0.2) is 6.61 Å². The van der Waals surface area contributed by atoms with Crippen LogP contribution in [0, 0.1) is 13.8 Å². The lowest BCUT2D eigenvalue weighted by Gasteiger charge is -2.08. The number of carbonyl (C=O) groups excluding carboxylic acids is 1. The Bertz CT molecular complexity index is 856. The maximum Gasteiger partial charge on any atom is 0.262 e. The molecule has 0 atom stereocenters. The maximum absolute atomic E-state index is 12.0. The first kappa shape index (κ1) is 15.4. The third-order valence-electron chi connectivity index (χ3n) is 3.56. The molecule has 0 fully saturated rings. The Balaban J connectivity index is 1.65. The molecule has 2 heterocycles. The van der Waals surface area contributed by atoms with Crippen LogP contribution in [-0.4, -0.2) is 21.9 Å². The minimum Gasteiger partial charge on any atom is -0.484 e. The van der Waals surface area contributed by atoms with Crippen molar-refractivity contribution < 1.29 is 9.53 Å². The molecule has 6 heteroatoms. The summed E-state index contributed by atoms with van der Waals surface area (Å²) < 4.78 is 7.37. The summed E-state index contributed by atoms with van der Waals surface area (Å²) >= 11 is 5.80. The number of aryl methyl sites for hydroxylation is 2. The first-order valence-electron chi connectivity index (χ1n) is 7.16. The van der Waals surface area contributed by atoms with Crippen LogP contribution < -0.4 is 10.1 Å². The molecule has 0 saturated heterocycles. The number of ether oxygens (including phenoxy) is 1. The van der Waals surface area contributed by atoms with E-state index in [-0.39, 0.29) is 12.5 Å². The van der Waals surface area contributed by atoms with E-state index in [2.05, 4.69) is 10.3 Å². The lowest BCUT2D eigenvalue weighted by molar-refractivity contribution is -0.118. The predicted octanol–water partition coefficient (Wildman–Crippen LogP) is 3.62. The van der Waals surface area contributed by atoms with Gasteiger partial charge < -0.3 is 14.5 Å². The van der Waals surface area contributed by atoms with Crippen LogP contribution in [0.3, 0.4) is 0 Å². The van der Waals surface area contributed by atoms with E-state index in [1.807, 2.05) is 36.6 Å². The average Bonchev–Trinajstić information content (AvgIpc) is 2.82. The Hall–Kier alpha value is -2.53. The van der Waals surface area contributed by atoms with Gasteiger partial charge in [-0.15, -0.1) is 0 Å². The summed E-state index contributed by atoms with van der Waals surface area (Å²) in [4.78, 5) is 16.4. The summed E-state index contributed by atoms with van der Waals surface area (Å²) in [5, 5.41) is 3.44. The lowest BCUT2D eigenvalue weighted by atomic mass is 10.3. The number of aromatic nitrogens is 2. The highest BCUT2D eigenvalue weighted by atomic mass is 35.5. The lowest BCUT2D eigenvalue weighted by Crippen LogP contribution is -2.20. The molecule has 5 nitrogen and oxygen atoms in total. The summed E-state index contributed by atoms with van der Waals surface area (Å²) in [5.74, 6) is 0.370. The summed E-state index contributed by atoms with van der Waals surface area (Å²) in [6, 6.07) is 10.6. The van der Waals surface area contributed by atoms with E-state index in [4.69, 9.17) is 16.3 Å². The number of halogens is 1. The van der Waals surface area contributed by atoms with E-state index in [9.17, 15) is 4.79 Å². The molecule has 0 radical (unpaired) electrons. The highest BCUT2D eigenvalue weighted by Crippen LogP contribution is 2.17. The SMILES string of the molecule is Cc1nc2ccc(NC(=O)COc3ccc(Cl)cc3)cn2c1C. The van der Waals surface area contributed by atoms with E-state index >= 15 is 0 Å². The van der Waals surface area contributed by atoms with Gasteiger partial charge in [-0.3, -0.25) is 4.79 Å². The van der Waals surface area contributed by atoms with Crippen molar-refractivity contribution in [2.45, 2.75) is 13.8 Å². The van der Waals surface area contributed by atoms with E-state index in [1.165, 1.54) is 0 Å². The second kappa shape index (κ2) is 6.30. The first-order valence-corrected chi connectivity index (χ1v) is 7.54. The van der Waals surface area contributed by atoms with Gasteiger partial charge in [0.1, 0.15) is 11.4 Å². The highest BCUT2D eigenvalue weighted by molar-refractivity contribution is 6.30. The van der Waals surface area contributed by atoms with E-state index in [0.717, 1.165) is 17.0 Å². The molecule has 3 rings (SSSR count). The van der Waals surface area contributed by atoms with Gasteiger partial charge in [0.25, 0.3) is 5.91 Å². The normalized spacial score (nSPS) is 10.7. The van der Waals surface area contributed by atoms with Crippen molar-refractivity contribution in [2.24, 2.45) is 0 Å². The molecule has 0 aliphatic carbocycles. The third kappa shape index (κ3) is 3.46. The van der Waals surface area contributed by atoms with Gasteiger partial charge in [0.2, 0.25) is 0 Å². The predicted molar refractivity (Wildman–Crippen MR) is 90.2 cm³/mol. The Morgan fingerprint density at radius 2 is 1.96 bits per heavy atom. The zero-order valence-electron chi connectivity index (χ0n) is 12.8. The Morgan fingerprint density at radius 3 is 2.70 bits per heavy atom. The second-order valence-corrected chi connectivity index (χ2v) is 5.66. The zero-order chi connectivity index (χ0) is 16.4. The molecule has 0 unspecified atom stereocenters. The number of benzene rings is 1. The fourth-order valence-corrected chi connectivity index (χ4v) is 2.36. The van der Waals surface area contributed by atoms with Gasteiger partial charge in [0, 0.05) is 16.9 Å². The Kier molecular flexibility index (Phi) is 4.21. The van der Waals surface area contributed by atoms with Crippen molar-refractivity contribution >= 4 is 28.8 Å². The molecule has 0 aliphatic rings. The van der Waals surface area contributed by atoms with Gasteiger partial charge in [0.05, 0.1) is 11.4 Å². The number of rotatable bonds is 4. The highest BCUT2D eigenvalue weighted by Gasteiger charge is 2.07. The molecular formula is C17H16ClN3O2. The molecule has 1 amide bonds. The van der Waals surface area contributed by atoms with Crippen molar-refractivity contribution in [2.75, 3.05) is 11.9 Å². The molecule has 1 N–H and O–H groups in total. The molecule has 0 spiro atoms. The monoisotopic (exact) mass is 329 g/mol. The van der Waals surface area contributed by atoms with Gasteiger partial charge >= 0.3 is 0 Å².